The van der Waals surface area contributed by atoms with Crippen molar-refractivity contribution in [1.29, 1.82) is 0 Å². The Morgan fingerprint density at radius 2 is 1.96 bits per heavy atom. The molecular weight excluding hydrogens is 340 g/mol. The van der Waals surface area contributed by atoms with E-state index in [0.717, 1.165) is 6.42 Å². The van der Waals surface area contributed by atoms with Crippen LogP contribution in [0, 0.1) is 11.8 Å². The van der Waals surface area contributed by atoms with Crippen LogP contribution in [0.3, 0.4) is 0 Å². The van der Waals surface area contributed by atoms with Crippen molar-refractivity contribution in [1.82, 2.24) is 0 Å². The number of hydrogen-bond donors (Lipinski definition) is 2. The van der Waals surface area contributed by atoms with E-state index in [1.807, 2.05) is 54.6 Å². The van der Waals surface area contributed by atoms with Gasteiger partial charge in [0.2, 0.25) is 0 Å². The summed E-state index contributed by atoms with van der Waals surface area (Å²) in [6.45, 7) is 0. The van der Waals surface area contributed by atoms with E-state index in [2.05, 4.69) is 0 Å². The molecule has 0 saturated carbocycles. The van der Waals surface area contributed by atoms with E-state index in [0.29, 0.717) is 25.7 Å². The summed E-state index contributed by atoms with van der Waals surface area (Å²) in [5.74, 6) is -0.793. The third-order valence-corrected chi connectivity index (χ3v) is 4.76. The van der Waals surface area contributed by atoms with E-state index in [1.165, 1.54) is 5.56 Å². The Kier molecular flexibility index (Phi) is 8.72. The Bertz CT molecular complexity index is 688. The van der Waals surface area contributed by atoms with Crippen LogP contribution in [0.4, 0.5) is 0 Å². The maximum absolute atomic E-state index is 12.1. The van der Waals surface area contributed by atoms with Crippen molar-refractivity contribution in [2.75, 3.05) is 0 Å². The second kappa shape index (κ2) is 11.3. The number of carbonyl (C=O) groups is 2. The minimum atomic E-state index is -0.783. The predicted molar refractivity (Wildman–Crippen MR) is 106 cm³/mol. The number of carboxylic acids is 1. The molecule has 0 aliphatic heterocycles. The van der Waals surface area contributed by atoms with Gasteiger partial charge >= 0.3 is 5.97 Å². The smallest absolute Gasteiger partial charge is 0.303 e. The fourth-order valence-electron chi connectivity index (χ4n) is 3.17. The number of aliphatic hydroxyl groups excluding tert-OH is 1. The van der Waals surface area contributed by atoms with Gasteiger partial charge in [-0.05, 0) is 43.7 Å². The number of carboxylic acid groups (broad SMARTS) is 1. The Balaban J connectivity index is 1.76. The molecular formula is C23H28O4. The third kappa shape index (κ3) is 7.75. The number of ketones is 1. The Hall–Kier alpha value is -2.46. The Labute approximate surface area is 160 Å². The Morgan fingerprint density at radius 1 is 1.19 bits per heavy atom. The number of unbranched alkanes of at least 4 members (excludes halogenated alkanes) is 1. The molecule has 1 unspecified atom stereocenters. The highest BCUT2D eigenvalue weighted by Crippen LogP contribution is 2.27. The van der Waals surface area contributed by atoms with E-state index in [1.54, 1.807) is 12.2 Å². The fraction of sp³-hybridized carbons (Fsp3) is 0.391. The van der Waals surface area contributed by atoms with Crippen LogP contribution in [-0.4, -0.2) is 28.1 Å². The van der Waals surface area contributed by atoms with Gasteiger partial charge in [-0.15, -0.1) is 0 Å². The third-order valence-electron chi connectivity index (χ3n) is 4.76. The molecule has 0 amide bonds. The summed E-state index contributed by atoms with van der Waals surface area (Å²) in [5.41, 5.74) is 1.20. The van der Waals surface area contributed by atoms with Crippen LogP contribution >= 0.6 is 0 Å². The average Bonchev–Trinajstić information content (AvgIpc) is 3.01. The van der Waals surface area contributed by atoms with Crippen LogP contribution in [0.25, 0.3) is 0 Å². The zero-order valence-electron chi connectivity index (χ0n) is 15.5. The predicted octanol–water partition coefficient (Wildman–Crippen LogP) is 4.11. The van der Waals surface area contributed by atoms with Crippen molar-refractivity contribution in [2.45, 2.75) is 44.6 Å². The highest BCUT2D eigenvalue weighted by molar-refractivity contribution is 5.95. The van der Waals surface area contributed by atoms with Gasteiger partial charge in [-0.25, -0.2) is 0 Å². The van der Waals surface area contributed by atoms with Crippen molar-refractivity contribution in [3.63, 3.8) is 0 Å². The normalized spacial score (nSPS) is 20.7. The summed E-state index contributed by atoms with van der Waals surface area (Å²) in [6.07, 6.45) is 14.2. The van der Waals surface area contributed by atoms with E-state index in [9.17, 15) is 14.7 Å². The van der Waals surface area contributed by atoms with E-state index in [-0.39, 0.29) is 24.0 Å². The number of hydrogen-bond acceptors (Lipinski definition) is 3. The van der Waals surface area contributed by atoms with Gasteiger partial charge in [0, 0.05) is 18.3 Å². The molecule has 27 heavy (non-hydrogen) atoms. The zero-order chi connectivity index (χ0) is 19.5. The molecule has 0 radical (unpaired) electrons. The van der Waals surface area contributed by atoms with Crippen molar-refractivity contribution in [2.24, 2.45) is 11.8 Å². The van der Waals surface area contributed by atoms with E-state index >= 15 is 0 Å². The van der Waals surface area contributed by atoms with Crippen molar-refractivity contribution >= 4 is 11.8 Å². The van der Waals surface area contributed by atoms with Gasteiger partial charge in [-0.3, -0.25) is 9.59 Å². The van der Waals surface area contributed by atoms with Gasteiger partial charge in [0.05, 0.1) is 6.10 Å². The standard InChI is InChI=1S/C23H28O4/c24-20(15-12-18-8-4-3-5-9-18)16-13-19-14-17-22(25)21(19)10-6-1-2-7-11-23(26)27/h1,3-6,8-9,13-14,16-17,19-21,24H,2,7,10-12,15H2,(H,26,27)/b6-1+,16-13+/t19-,20-,21?/m0/s1. The van der Waals surface area contributed by atoms with Gasteiger partial charge < -0.3 is 10.2 Å². The Morgan fingerprint density at radius 3 is 2.70 bits per heavy atom. The van der Waals surface area contributed by atoms with Gasteiger partial charge in [0.25, 0.3) is 0 Å². The first-order valence-corrected chi connectivity index (χ1v) is 9.55. The molecule has 2 rings (SSSR count). The van der Waals surface area contributed by atoms with Crippen molar-refractivity contribution in [3.05, 3.63) is 72.4 Å². The molecule has 0 spiro atoms. The van der Waals surface area contributed by atoms with Gasteiger partial charge in [0.15, 0.2) is 5.78 Å². The van der Waals surface area contributed by atoms with Crippen molar-refractivity contribution in [3.8, 4) is 0 Å². The SMILES string of the molecule is O=C(O)CCC/C=C/CC1C(=O)C=C[C@@H]1/C=C/[C@@H](O)CCc1ccccc1. The monoisotopic (exact) mass is 368 g/mol. The number of carbonyl (C=O) groups excluding carboxylic acids is 1. The van der Waals surface area contributed by atoms with Crippen LogP contribution in [0.5, 0.6) is 0 Å². The lowest BCUT2D eigenvalue weighted by Gasteiger charge is -2.13. The quantitative estimate of drug-likeness (QED) is 0.455. The van der Waals surface area contributed by atoms with E-state index < -0.39 is 12.1 Å². The minimum absolute atomic E-state index is 0.00699. The molecule has 0 bridgehead atoms. The fourth-order valence-corrected chi connectivity index (χ4v) is 3.17. The molecule has 0 fully saturated rings. The molecule has 4 nitrogen and oxygen atoms in total. The molecule has 0 heterocycles. The molecule has 144 valence electrons. The average molecular weight is 368 g/mol. The maximum Gasteiger partial charge on any atom is 0.303 e. The summed E-state index contributed by atoms with van der Waals surface area (Å²) < 4.78 is 0. The van der Waals surface area contributed by atoms with Gasteiger partial charge in [-0.1, -0.05) is 60.7 Å². The maximum atomic E-state index is 12.1. The first-order chi connectivity index (χ1) is 13.1. The molecule has 0 saturated heterocycles. The number of aliphatic hydroxyl groups is 1. The highest BCUT2D eigenvalue weighted by atomic mass is 16.4. The summed E-state index contributed by atoms with van der Waals surface area (Å²) in [7, 11) is 0. The second-order valence-electron chi connectivity index (χ2n) is 6.91. The number of rotatable bonds is 11. The van der Waals surface area contributed by atoms with Crippen LogP contribution in [0.15, 0.2) is 66.8 Å². The molecule has 0 aromatic heterocycles. The second-order valence-corrected chi connectivity index (χ2v) is 6.91. The van der Waals surface area contributed by atoms with Crippen LogP contribution in [0.2, 0.25) is 0 Å². The zero-order valence-corrected chi connectivity index (χ0v) is 15.5. The summed E-state index contributed by atoms with van der Waals surface area (Å²) in [5, 5.41) is 18.8. The van der Waals surface area contributed by atoms with E-state index in [4.69, 9.17) is 5.11 Å². The first-order valence-electron chi connectivity index (χ1n) is 9.55. The molecule has 1 aromatic carbocycles. The van der Waals surface area contributed by atoms with Gasteiger partial charge in [0.1, 0.15) is 0 Å². The van der Waals surface area contributed by atoms with Crippen LogP contribution in [-0.2, 0) is 16.0 Å². The van der Waals surface area contributed by atoms with Gasteiger partial charge in [-0.2, -0.15) is 0 Å². The molecule has 1 aliphatic rings. The number of allylic oxidation sites excluding steroid dienone is 5. The molecule has 1 aliphatic carbocycles. The molecule has 3 atom stereocenters. The summed E-state index contributed by atoms with van der Waals surface area (Å²) in [4.78, 5) is 22.5. The summed E-state index contributed by atoms with van der Waals surface area (Å²) >= 11 is 0. The lowest BCUT2D eigenvalue weighted by molar-refractivity contribution is -0.137. The molecule has 2 N–H and O–H groups in total. The topological polar surface area (TPSA) is 74.6 Å². The van der Waals surface area contributed by atoms with Crippen LogP contribution in [0.1, 0.15) is 37.7 Å². The number of aliphatic carboxylic acids is 1. The minimum Gasteiger partial charge on any atom is -0.481 e. The largest absolute Gasteiger partial charge is 0.481 e. The van der Waals surface area contributed by atoms with Crippen molar-refractivity contribution < 1.29 is 19.8 Å². The molecule has 1 aromatic rings. The highest BCUT2D eigenvalue weighted by Gasteiger charge is 2.27. The lowest BCUT2D eigenvalue weighted by Crippen LogP contribution is -2.14. The lowest BCUT2D eigenvalue weighted by atomic mass is 9.90. The number of aryl methyl sites for hydroxylation is 1. The summed E-state index contributed by atoms with van der Waals surface area (Å²) in [6, 6.07) is 10.1. The first kappa shape index (κ1) is 20.8. The molecule has 4 heteroatoms. The van der Waals surface area contributed by atoms with Crippen LogP contribution < -0.4 is 0 Å². The number of benzene rings is 1.